The van der Waals surface area contributed by atoms with Gasteiger partial charge in [0, 0.05) is 12.1 Å². The summed E-state index contributed by atoms with van der Waals surface area (Å²) in [5, 5.41) is 6.32. The van der Waals surface area contributed by atoms with Crippen molar-refractivity contribution in [1.82, 2.24) is 0 Å². The van der Waals surface area contributed by atoms with Crippen LogP contribution in [0.5, 0.6) is 0 Å². The minimum Gasteiger partial charge on any atom is -0.384 e. The van der Waals surface area contributed by atoms with Gasteiger partial charge in [-0.2, -0.15) is 0 Å². The molecular formula is C21H20N2O. The van der Waals surface area contributed by atoms with E-state index < -0.39 is 0 Å². The van der Waals surface area contributed by atoms with Gasteiger partial charge in [-0.3, -0.25) is 4.79 Å². The molecule has 0 saturated carbocycles. The summed E-state index contributed by atoms with van der Waals surface area (Å²) >= 11 is 0. The van der Waals surface area contributed by atoms with Crippen molar-refractivity contribution in [3.05, 3.63) is 84.4 Å². The van der Waals surface area contributed by atoms with E-state index in [2.05, 4.69) is 28.8 Å². The fourth-order valence-electron chi connectivity index (χ4n) is 2.59. The number of carbonyl (C=O) groups excluding carboxylic acids is 1. The zero-order valence-corrected chi connectivity index (χ0v) is 13.6. The highest BCUT2D eigenvalue weighted by Crippen LogP contribution is 2.29. The maximum atomic E-state index is 12.5. The lowest BCUT2D eigenvalue weighted by Crippen LogP contribution is -2.13. The molecule has 3 aromatic carbocycles. The molecule has 0 unspecified atom stereocenters. The van der Waals surface area contributed by atoms with Gasteiger partial charge in [-0.05, 0) is 42.3 Å². The van der Waals surface area contributed by atoms with Crippen LogP contribution in [0.1, 0.15) is 17.3 Å². The number of hydrogen-bond acceptors (Lipinski definition) is 2. The topological polar surface area (TPSA) is 41.1 Å². The molecule has 0 spiro atoms. The number of nitrogens with one attached hydrogen (secondary N) is 2. The predicted molar refractivity (Wildman–Crippen MR) is 100 cm³/mol. The molecule has 2 N–H and O–H groups in total. The Bertz CT molecular complexity index is 814. The number of benzene rings is 3. The molecule has 3 nitrogen and oxygen atoms in total. The first kappa shape index (κ1) is 15.8. The average Bonchev–Trinajstić information content (AvgIpc) is 2.65. The molecule has 0 atom stereocenters. The average molecular weight is 316 g/mol. The third-order valence-corrected chi connectivity index (χ3v) is 3.78. The molecule has 0 aliphatic carbocycles. The van der Waals surface area contributed by atoms with Crippen molar-refractivity contribution < 1.29 is 4.79 Å². The van der Waals surface area contributed by atoms with E-state index in [9.17, 15) is 4.79 Å². The predicted octanol–water partition coefficient (Wildman–Crippen LogP) is 5.04. The second kappa shape index (κ2) is 7.47. The van der Waals surface area contributed by atoms with Crippen LogP contribution in [0.2, 0.25) is 0 Å². The van der Waals surface area contributed by atoms with E-state index in [4.69, 9.17) is 0 Å². The summed E-state index contributed by atoms with van der Waals surface area (Å²) in [7, 11) is 0. The Morgan fingerprint density at radius 3 is 2.12 bits per heavy atom. The molecule has 120 valence electrons. The van der Waals surface area contributed by atoms with Gasteiger partial charge in [-0.1, -0.05) is 54.6 Å². The molecule has 0 heterocycles. The van der Waals surface area contributed by atoms with Crippen LogP contribution in [0.15, 0.2) is 78.9 Å². The monoisotopic (exact) mass is 316 g/mol. The normalized spacial score (nSPS) is 10.2. The quantitative estimate of drug-likeness (QED) is 0.692. The number of amides is 1. The molecule has 24 heavy (non-hydrogen) atoms. The summed E-state index contributed by atoms with van der Waals surface area (Å²) in [6.45, 7) is 2.83. The Kier molecular flexibility index (Phi) is 4.92. The minimum atomic E-state index is -0.111. The Morgan fingerprint density at radius 1 is 0.792 bits per heavy atom. The molecule has 0 radical (unpaired) electrons. The fourth-order valence-corrected chi connectivity index (χ4v) is 2.59. The number of rotatable bonds is 5. The van der Waals surface area contributed by atoms with Crippen LogP contribution in [0, 0.1) is 0 Å². The van der Waals surface area contributed by atoms with E-state index in [0.717, 1.165) is 29.0 Å². The molecule has 0 saturated heterocycles. The standard InChI is InChI=1S/C21H20N2O/c1-2-22-19-14-13-18(16-9-5-3-6-10-16)15-20(19)23-21(24)17-11-7-4-8-12-17/h3-15,22H,2H2,1H3,(H,23,24). The second-order valence-corrected chi connectivity index (χ2v) is 5.48. The van der Waals surface area contributed by atoms with E-state index in [1.165, 1.54) is 0 Å². The third-order valence-electron chi connectivity index (χ3n) is 3.78. The number of hydrogen-bond donors (Lipinski definition) is 2. The largest absolute Gasteiger partial charge is 0.384 e. The van der Waals surface area contributed by atoms with Crippen LogP contribution in [0.25, 0.3) is 11.1 Å². The molecule has 0 aliphatic heterocycles. The summed E-state index contributed by atoms with van der Waals surface area (Å²) in [5.41, 5.74) is 4.54. The molecule has 0 aliphatic rings. The minimum absolute atomic E-state index is 0.111. The van der Waals surface area contributed by atoms with Gasteiger partial charge < -0.3 is 10.6 Å². The van der Waals surface area contributed by atoms with Crippen LogP contribution < -0.4 is 10.6 Å². The summed E-state index contributed by atoms with van der Waals surface area (Å²) in [5.74, 6) is -0.111. The lowest BCUT2D eigenvalue weighted by Gasteiger charge is -2.14. The van der Waals surface area contributed by atoms with Gasteiger partial charge in [0.25, 0.3) is 5.91 Å². The summed E-state index contributed by atoms with van der Waals surface area (Å²) in [6, 6.07) is 25.5. The molecule has 3 aromatic rings. The molecule has 0 bridgehead atoms. The maximum absolute atomic E-state index is 12.5. The van der Waals surface area contributed by atoms with Crippen LogP contribution in [0.3, 0.4) is 0 Å². The van der Waals surface area contributed by atoms with Crippen LogP contribution in [-0.2, 0) is 0 Å². The summed E-state index contributed by atoms with van der Waals surface area (Å²) < 4.78 is 0. The first-order valence-corrected chi connectivity index (χ1v) is 8.07. The number of anilines is 2. The summed E-state index contributed by atoms with van der Waals surface area (Å²) in [4.78, 5) is 12.5. The third kappa shape index (κ3) is 3.63. The van der Waals surface area contributed by atoms with Gasteiger partial charge in [-0.15, -0.1) is 0 Å². The lowest BCUT2D eigenvalue weighted by atomic mass is 10.0. The summed E-state index contributed by atoms with van der Waals surface area (Å²) in [6.07, 6.45) is 0. The Balaban J connectivity index is 1.93. The van der Waals surface area contributed by atoms with E-state index in [-0.39, 0.29) is 5.91 Å². The van der Waals surface area contributed by atoms with Crippen molar-refractivity contribution in [3.63, 3.8) is 0 Å². The van der Waals surface area contributed by atoms with Gasteiger partial charge in [0.1, 0.15) is 0 Å². The molecular weight excluding hydrogens is 296 g/mol. The fraction of sp³-hybridized carbons (Fsp3) is 0.0952. The SMILES string of the molecule is CCNc1ccc(-c2ccccc2)cc1NC(=O)c1ccccc1. The van der Waals surface area contributed by atoms with Crippen LogP contribution in [0.4, 0.5) is 11.4 Å². The Morgan fingerprint density at radius 2 is 1.46 bits per heavy atom. The van der Waals surface area contributed by atoms with Crippen molar-refractivity contribution in [2.24, 2.45) is 0 Å². The van der Waals surface area contributed by atoms with Gasteiger partial charge >= 0.3 is 0 Å². The van der Waals surface area contributed by atoms with E-state index in [0.29, 0.717) is 5.56 Å². The molecule has 3 rings (SSSR count). The lowest BCUT2D eigenvalue weighted by molar-refractivity contribution is 0.102. The first-order chi connectivity index (χ1) is 11.8. The molecule has 3 heteroatoms. The van der Waals surface area contributed by atoms with Gasteiger partial charge in [-0.25, -0.2) is 0 Å². The van der Waals surface area contributed by atoms with E-state index in [1.807, 2.05) is 67.6 Å². The molecule has 0 aromatic heterocycles. The van der Waals surface area contributed by atoms with Crippen molar-refractivity contribution in [1.29, 1.82) is 0 Å². The van der Waals surface area contributed by atoms with Gasteiger partial charge in [0.05, 0.1) is 11.4 Å². The second-order valence-electron chi connectivity index (χ2n) is 5.48. The smallest absolute Gasteiger partial charge is 0.255 e. The van der Waals surface area contributed by atoms with Crippen LogP contribution >= 0.6 is 0 Å². The van der Waals surface area contributed by atoms with Gasteiger partial charge in [0.2, 0.25) is 0 Å². The highest BCUT2D eigenvalue weighted by Gasteiger charge is 2.10. The van der Waals surface area contributed by atoms with Crippen molar-refractivity contribution >= 4 is 17.3 Å². The van der Waals surface area contributed by atoms with E-state index >= 15 is 0 Å². The van der Waals surface area contributed by atoms with Crippen molar-refractivity contribution in [3.8, 4) is 11.1 Å². The highest BCUT2D eigenvalue weighted by atomic mass is 16.1. The van der Waals surface area contributed by atoms with Crippen molar-refractivity contribution in [2.75, 3.05) is 17.2 Å². The molecule has 1 amide bonds. The van der Waals surface area contributed by atoms with Crippen LogP contribution in [-0.4, -0.2) is 12.5 Å². The van der Waals surface area contributed by atoms with Gasteiger partial charge in [0.15, 0.2) is 0 Å². The maximum Gasteiger partial charge on any atom is 0.255 e. The first-order valence-electron chi connectivity index (χ1n) is 8.07. The molecule has 0 fully saturated rings. The Hall–Kier alpha value is -3.07. The number of carbonyl (C=O) groups is 1. The van der Waals surface area contributed by atoms with E-state index in [1.54, 1.807) is 0 Å². The van der Waals surface area contributed by atoms with Crippen molar-refractivity contribution in [2.45, 2.75) is 6.92 Å². The Labute approximate surface area is 142 Å². The zero-order chi connectivity index (χ0) is 16.8. The highest BCUT2D eigenvalue weighted by molar-refractivity contribution is 6.06. The zero-order valence-electron chi connectivity index (χ0n) is 13.6.